The molecule has 0 saturated heterocycles. The van der Waals surface area contributed by atoms with Gasteiger partial charge in [0.1, 0.15) is 0 Å². The number of aromatic amines is 2. The van der Waals surface area contributed by atoms with Gasteiger partial charge in [-0.15, -0.1) is 0 Å². The molecule has 0 atom stereocenters. The number of fused-ring (bicyclic) bond motifs is 24. The van der Waals surface area contributed by atoms with Gasteiger partial charge in [-0.25, -0.2) is 0 Å². The Labute approximate surface area is 781 Å². The Morgan fingerprint density at radius 3 is 0.600 bits per heavy atom. The van der Waals surface area contributed by atoms with Gasteiger partial charge in [0.05, 0.1) is 66.2 Å². The van der Waals surface area contributed by atoms with Crippen molar-refractivity contribution >= 4 is 186 Å². The quantitative estimate of drug-likeness (QED) is 0.145. The summed E-state index contributed by atoms with van der Waals surface area (Å²) >= 11 is 6.15. The molecule has 8 aromatic heterocycles. The molecule has 8 nitrogen and oxygen atoms in total. The van der Waals surface area contributed by atoms with Crippen LogP contribution in [0.15, 0.2) is 491 Å². The van der Waals surface area contributed by atoms with Gasteiger partial charge in [-0.1, -0.05) is 297 Å². The molecule has 0 unspecified atom stereocenters. The lowest BCUT2D eigenvalue weighted by molar-refractivity contribution is 1.13. The molecule has 634 valence electrons. The maximum atomic E-state index is 6.15. The van der Waals surface area contributed by atoms with Gasteiger partial charge in [0, 0.05) is 147 Å². The highest BCUT2D eigenvalue weighted by molar-refractivity contribution is 6.31. The van der Waals surface area contributed by atoms with Crippen molar-refractivity contribution in [2.75, 3.05) is 0 Å². The van der Waals surface area contributed by atoms with E-state index >= 15 is 0 Å². The molecule has 0 aliphatic rings. The first-order valence-corrected chi connectivity index (χ1v) is 46.4. The average Bonchev–Trinajstić information content (AvgIpc) is 1.58. The molecule has 2 N–H and O–H groups in total. The molecule has 0 amide bonds. The SMILES string of the molecule is Clc1cccc(-n2c3ccccc3c3ccccc32)c1.c1ccc(-n2c3ccccc3c3cc(-c4ccc5[nH]c6ccccc6c5c4)ccc32)cc1.c1ccc(-n2c3ccccc3c3cc(-c4ccc5[nH]c6ccccc6c5c4)ccc32)cc1.c1ccc(-n2c3ccccc3c3cc(-c4ccc5c(c4)c4ccccc4n5-c4cccc(-n5c6ccccc6c6ccccc65)c4)ccc32)cc1. The van der Waals surface area contributed by atoms with E-state index in [1.165, 1.54) is 225 Å². The fourth-order valence-electron chi connectivity index (χ4n) is 21.3. The van der Waals surface area contributed by atoms with Crippen LogP contribution < -0.4 is 0 Å². The Bertz CT molecular complexity index is 9360. The van der Waals surface area contributed by atoms with E-state index in [1.54, 1.807) is 0 Å². The van der Waals surface area contributed by atoms with Crippen LogP contribution in [0, 0.1) is 0 Å². The number of hydrogen-bond acceptors (Lipinski definition) is 0. The van der Waals surface area contributed by atoms with E-state index in [2.05, 4.69) is 511 Å². The van der Waals surface area contributed by atoms with E-state index in [0.29, 0.717) is 0 Å². The average molecular weight is 1740 g/mol. The number of nitrogens with one attached hydrogen (secondary N) is 2. The van der Waals surface area contributed by atoms with E-state index < -0.39 is 0 Å². The first-order valence-electron chi connectivity index (χ1n) is 46.0. The third kappa shape index (κ3) is 13.3. The second-order valence-corrected chi connectivity index (χ2v) is 35.4. The number of para-hydroxylation sites is 13. The van der Waals surface area contributed by atoms with Gasteiger partial charge < -0.3 is 37.4 Å². The zero-order valence-electron chi connectivity index (χ0n) is 73.3. The molecule has 0 aliphatic carbocycles. The lowest BCUT2D eigenvalue weighted by Crippen LogP contribution is -1.98. The van der Waals surface area contributed by atoms with Crippen molar-refractivity contribution < 1.29 is 0 Å². The summed E-state index contributed by atoms with van der Waals surface area (Å²) in [5.74, 6) is 0. The number of benzene rings is 21. The summed E-state index contributed by atoms with van der Waals surface area (Å²) in [6, 6.07) is 176. The Kier molecular flexibility index (Phi) is 18.8. The van der Waals surface area contributed by atoms with E-state index in [1.807, 2.05) is 18.2 Å². The second kappa shape index (κ2) is 32.4. The highest BCUT2D eigenvalue weighted by Gasteiger charge is 2.22. The molecule has 0 fully saturated rings. The molecule has 0 spiro atoms. The van der Waals surface area contributed by atoms with Crippen LogP contribution in [0.25, 0.3) is 242 Å². The largest absolute Gasteiger partial charge is 0.355 e. The van der Waals surface area contributed by atoms with Crippen molar-refractivity contribution in [2.24, 2.45) is 0 Å². The van der Waals surface area contributed by atoms with Gasteiger partial charge in [-0.3, -0.25) is 0 Å². The molecule has 9 heteroatoms. The predicted octanol–water partition coefficient (Wildman–Crippen LogP) is 34.3. The maximum Gasteiger partial charge on any atom is 0.0541 e. The molecule has 0 aliphatic heterocycles. The van der Waals surface area contributed by atoms with Crippen LogP contribution in [-0.4, -0.2) is 37.4 Å². The van der Waals surface area contributed by atoms with Crippen molar-refractivity contribution in [2.45, 2.75) is 0 Å². The number of halogens is 1. The van der Waals surface area contributed by atoms with E-state index in [4.69, 9.17) is 11.6 Å². The standard InChI is InChI=1S/C48H31N3.2C30H20N2.C18H12ClN/c1-2-13-34(14-3-1)49-45-23-10-6-19-39(45)41-29-32(25-27-47(41)49)33-26-28-48-42(30-33)40-20-7-11-24-46(40)51(48)36-16-12-15-35(31-36)50-43-21-8-4-17-37(43)38-18-5-9-22-44(38)50;2*1-2-8-22(9-3-1)32-29-13-7-5-11-24(29)26-19-21(15-17-30(26)32)20-14-16-28-25(18-20)23-10-4-6-12-27(23)31-28;19-13-6-5-7-14(12-13)20-17-10-3-1-8-15(17)16-9-2-4-11-18(16)20/h1-31H;2*1-19,31H;1-12H. The summed E-state index contributed by atoms with van der Waals surface area (Å²) < 4.78 is 14.2. The summed E-state index contributed by atoms with van der Waals surface area (Å²) in [6.45, 7) is 0. The highest BCUT2D eigenvalue weighted by atomic mass is 35.5. The van der Waals surface area contributed by atoms with Gasteiger partial charge in [-0.05, 0) is 240 Å². The van der Waals surface area contributed by atoms with Gasteiger partial charge in [0.15, 0.2) is 0 Å². The van der Waals surface area contributed by atoms with Crippen LogP contribution in [0.2, 0.25) is 5.02 Å². The third-order valence-electron chi connectivity index (χ3n) is 27.3. The lowest BCUT2D eigenvalue weighted by Gasteiger charge is -2.13. The van der Waals surface area contributed by atoms with Crippen molar-refractivity contribution in [1.29, 1.82) is 0 Å². The first kappa shape index (κ1) is 78.4. The number of rotatable bonds is 9. The fraction of sp³-hybridized carbons (Fsp3) is 0. The van der Waals surface area contributed by atoms with Crippen LogP contribution in [0.1, 0.15) is 0 Å². The molecule has 29 rings (SSSR count). The minimum absolute atomic E-state index is 0.754. The van der Waals surface area contributed by atoms with Crippen LogP contribution in [-0.2, 0) is 0 Å². The molecule has 21 aromatic carbocycles. The topological polar surface area (TPSA) is 61.2 Å². The smallest absolute Gasteiger partial charge is 0.0541 e. The first-order chi connectivity index (χ1) is 66.9. The second-order valence-electron chi connectivity index (χ2n) is 34.9. The van der Waals surface area contributed by atoms with Crippen molar-refractivity contribution in [1.82, 2.24) is 37.4 Å². The number of hydrogen-bond donors (Lipinski definition) is 2. The minimum atomic E-state index is 0.754. The summed E-state index contributed by atoms with van der Waals surface area (Å²) in [5.41, 5.74) is 33.6. The van der Waals surface area contributed by atoms with E-state index in [9.17, 15) is 0 Å². The predicted molar refractivity (Wildman–Crippen MR) is 572 cm³/mol. The highest BCUT2D eigenvalue weighted by Crippen LogP contribution is 2.44. The van der Waals surface area contributed by atoms with Gasteiger partial charge in [0.2, 0.25) is 0 Å². The van der Waals surface area contributed by atoms with Crippen LogP contribution in [0.4, 0.5) is 0 Å². The molecular formula is C126H83ClN8. The van der Waals surface area contributed by atoms with Crippen molar-refractivity contribution in [3.05, 3.63) is 496 Å². The lowest BCUT2D eigenvalue weighted by atomic mass is 10.0. The maximum absolute atomic E-state index is 6.15. The Hall–Kier alpha value is -17.7. The van der Waals surface area contributed by atoms with Crippen molar-refractivity contribution in [3.8, 4) is 67.5 Å². The third-order valence-corrected chi connectivity index (χ3v) is 27.6. The fourth-order valence-corrected chi connectivity index (χ4v) is 21.5. The van der Waals surface area contributed by atoms with Gasteiger partial charge in [-0.2, -0.15) is 0 Å². The van der Waals surface area contributed by atoms with Crippen LogP contribution in [0.5, 0.6) is 0 Å². The van der Waals surface area contributed by atoms with Crippen LogP contribution in [0.3, 0.4) is 0 Å². The number of H-pyrrole nitrogens is 2. The normalized spacial score (nSPS) is 11.7. The van der Waals surface area contributed by atoms with Crippen LogP contribution >= 0.6 is 11.6 Å². The Morgan fingerprint density at radius 1 is 0.126 bits per heavy atom. The summed E-state index contributed by atoms with van der Waals surface area (Å²) in [5, 5.41) is 21.0. The molecular weight excluding hydrogens is 1660 g/mol. The van der Waals surface area contributed by atoms with Gasteiger partial charge in [0.25, 0.3) is 0 Å². The molecule has 8 heterocycles. The Morgan fingerprint density at radius 2 is 0.319 bits per heavy atom. The molecule has 135 heavy (non-hydrogen) atoms. The number of nitrogens with zero attached hydrogens (tertiary/aromatic N) is 6. The Balaban J connectivity index is 0.0000000986. The monoisotopic (exact) mass is 1740 g/mol. The summed E-state index contributed by atoms with van der Waals surface area (Å²) in [4.78, 5) is 7.06. The van der Waals surface area contributed by atoms with E-state index in [0.717, 1.165) is 22.1 Å². The zero-order chi connectivity index (χ0) is 89.1. The summed E-state index contributed by atoms with van der Waals surface area (Å²) in [6.07, 6.45) is 0. The molecule has 0 bridgehead atoms. The summed E-state index contributed by atoms with van der Waals surface area (Å²) in [7, 11) is 0. The minimum Gasteiger partial charge on any atom is -0.355 e. The van der Waals surface area contributed by atoms with Gasteiger partial charge >= 0.3 is 0 Å². The molecule has 29 aromatic rings. The zero-order valence-corrected chi connectivity index (χ0v) is 74.1. The van der Waals surface area contributed by atoms with E-state index in [-0.39, 0.29) is 0 Å². The van der Waals surface area contributed by atoms with Crippen molar-refractivity contribution in [3.63, 3.8) is 0 Å². The molecule has 0 radical (unpaired) electrons. The molecule has 0 saturated carbocycles. The number of aromatic nitrogens is 8.